The summed E-state index contributed by atoms with van der Waals surface area (Å²) in [5, 5.41) is 9.81. The van der Waals surface area contributed by atoms with Gasteiger partial charge in [-0.05, 0) is 26.2 Å². The molecule has 0 aromatic carbocycles. The van der Waals surface area contributed by atoms with E-state index in [2.05, 4.69) is 4.98 Å². The minimum Gasteiger partial charge on any atom is -0.462 e. The van der Waals surface area contributed by atoms with Crippen LogP contribution in [-0.2, 0) is 11.2 Å². The fourth-order valence-corrected chi connectivity index (χ4v) is 2.12. The van der Waals surface area contributed by atoms with Crippen LogP contribution in [0.4, 0.5) is 0 Å². The molecule has 0 saturated heterocycles. The molecular formula is C12H15NO4. The van der Waals surface area contributed by atoms with Gasteiger partial charge in [0.1, 0.15) is 5.56 Å². The Hall–Kier alpha value is -1.62. The van der Waals surface area contributed by atoms with Gasteiger partial charge in [0.25, 0.3) is 0 Å². The summed E-state index contributed by atoms with van der Waals surface area (Å²) in [7, 11) is 0. The van der Waals surface area contributed by atoms with Gasteiger partial charge in [-0.25, -0.2) is 4.79 Å². The molecule has 1 heterocycles. The van der Waals surface area contributed by atoms with Crippen LogP contribution in [0.2, 0.25) is 0 Å². The third-order valence-electron chi connectivity index (χ3n) is 2.94. The number of carbonyl (C=O) groups is 1. The van der Waals surface area contributed by atoms with E-state index in [-0.39, 0.29) is 12.2 Å². The van der Waals surface area contributed by atoms with E-state index in [0.717, 1.165) is 18.5 Å². The number of rotatable bonds is 2. The lowest BCUT2D eigenvalue weighted by Gasteiger charge is -2.20. The number of ether oxygens (including phenoxy) is 1. The number of aliphatic hydroxyl groups is 1. The first-order chi connectivity index (χ1) is 8.15. The maximum Gasteiger partial charge on any atom is 0.343 e. The normalized spacial score (nSPS) is 18.6. The second-order valence-electron chi connectivity index (χ2n) is 4.05. The van der Waals surface area contributed by atoms with Crippen LogP contribution in [0, 0.1) is 0 Å². The van der Waals surface area contributed by atoms with Crippen molar-refractivity contribution in [3.8, 4) is 0 Å². The number of nitrogens with one attached hydrogen (secondary N) is 1. The lowest BCUT2D eigenvalue weighted by molar-refractivity contribution is 0.0523. The fourth-order valence-electron chi connectivity index (χ4n) is 2.12. The number of aryl methyl sites for hydroxylation is 1. The van der Waals surface area contributed by atoms with Crippen LogP contribution in [-0.4, -0.2) is 22.7 Å². The van der Waals surface area contributed by atoms with Crippen molar-refractivity contribution in [1.82, 2.24) is 4.98 Å². The second kappa shape index (κ2) is 4.71. The van der Waals surface area contributed by atoms with E-state index < -0.39 is 17.5 Å². The number of hydrogen-bond donors (Lipinski definition) is 2. The van der Waals surface area contributed by atoms with Gasteiger partial charge < -0.3 is 14.8 Å². The van der Waals surface area contributed by atoms with Crippen molar-refractivity contribution in [2.45, 2.75) is 32.3 Å². The van der Waals surface area contributed by atoms with E-state index in [0.29, 0.717) is 12.0 Å². The van der Waals surface area contributed by atoms with E-state index in [1.165, 1.54) is 6.20 Å². The average Bonchev–Trinajstić information content (AvgIpc) is 2.29. The van der Waals surface area contributed by atoms with Crippen LogP contribution < -0.4 is 5.43 Å². The second-order valence-corrected chi connectivity index (χ2v) is 4.05. The summed E-state index contributed by atoms with van der Waals surface area (Å²) >= 11 is 0. The van der Waals surface area contributed by atoms with Crippen molar-refractivity contribution < 1.29 is 14.6 Å². The molecule has 1 aliphatic carbocycles. The molecule has 2 rings (SSSR count). The molecular weight excluding hydrogens is 222 g/mol. The minimum atomic E-state index is -0.781. The Labute approximate surface area is 98.4 Å². The molecule has 0 radical (unpaired) electrons. The summed E-state index contributed by atoms with van der Waals surface area (Å²) in [5.74, 6) is -0.644. The number of aliphatic hydroxyl groups excluding tert-OH is 1. The summed E-state index contributed by atoms with van der Waals surface area (Å²) in [6.07, 6.45) is 2.71. The highest BCUT2D eigenvalue weighted by molar-refractivity contribution is 5.89. The quantitative estimate of drug-likeness (QED) is 0.750. The van der Waals surface area contributed by atoms with Crippen molar-refractivity contribution in [1.29, 1.82) is 0 Å². The molecule has 0 bridgehead atoms. The lowest BCUT2D eigenvalue weighted by Crippen LogP contribution is -2.27. The third kappa shape index (κ3) is 2.10. The molecule has 0 amide bonds. The van der Waals surface area contributed by atoms with Crippen molar-refractivity contribution in [2.24, 2.45) is 0 Å². The van der Waals surface area contributed by atoms with E-state index >= 15 is 0 Å². The molecule has 0 saturated carbocycles. The molecule has 2 N–H and O–H groups in total. The van der Waals surface area contributed by atoms with Crippen LogP contribution in [0.15, 0.2) is 11.0 Å². The SMILES string of the molecule is CCOC(=O)c1c[nH]c2c(c1=O)C(O)CCC2. The third-order valence-corrected chi connectivity index (χ3v) is 2.94. The van der Waals surface area contributed by atoms with E-state index in [4.69, 9.17) is 4.74 Å². The Bertz CT molecular complexity index is 492. The summed E-state index contributed by atoms with van der Waals surface area (Å²) in [4.78, 5) is 26.5. The number of esters is 1. The van der Waals surface area contributed by atoms with Crippen molar-refractivity contribution in [3.63, 3.8) is 0 Å². The van der Waals surface area contributed by atoms with Gasteiger partial charge in [0.05, 0.1) is 12.7 Å². The highest BCUT2D eigenvalue weighted by Crippen LogP contribution is 2.25. The van der Waals surface area contributed by atoms with Gasteiger partial charge in [-0.1, -0.05) is 0 Å². The number of aromatic nitrogens is 1. The zero-order valence-electron chi connectivity index (χ0n) is 9.66. The molecule has 0 spiro atoms. The van der Waals surface area contributed by atoms with Crippen molar-refractivity contribution in [3.05, 3.63) is 33.2 Å². The predicted molar refractivity (Wildman–Crippen MR) is 60.9 cm³/mol. The Morgan fingerprint density at radius 1 is 1.65 bits per heavy atom. The molecule has 1 aliphatic rings. The van der Waals surface area contributed by atoms with Gasteiger partial charge in [-0.15, -0.1) is 0 Å². The molecule has 1 aromatic rings. The molecule has 1 unspecified atom stereocenters. The van der Waals surface area contributed by atoms with E-state index in [1.807, 2.05) is 0 Å². The minimum absolute atomic E-state index is 0.0356. The molecule has 5 heteroatoms. The molecule has 0 aliphatic heterocycles. The summed E-state index contributed by atoms with van der Waals surface area (Å²) < 4.78 is 4.79. The van der Waals surface area contributed by atoms with Gasteiger partial charge in [-0.2, -0.15) is 0 Å². The Balaban J connectivity index is 2.48. The number of aromatic amines is 1. The monoisotopic (exact) mass is 237 g/mol. The molecule has 92 valence electrons. The van der Waals surface area contributed by atoms with Crippen molar-refractivity contribution in [2.75, 3.05) is 6.61 Å². The van der Waals surface area contributed by atoms with Crippen LogP contribution in [0.1, 0.15) is 47.5 Å². The lowest BCUT2D eigenvalue weighted by atomic mass is 9.92. The molecule has 17 heavy (non-hydrogen) atoms. The molecule has 1 atom stereocenters. The van der Waals surface area contributed by atoms with Crippen LogP contribution >= 0.6 is 0 Å². The average molecular weight is 237 g/mol. The van der Waals surface area contributed by atoms with Crippen LogP contribution in [0.25, 0.3) is 0 Å². The fraction of sp³-hybridized carbons (Fsp3) is 0.500. The molecule has 5 nitrogen and oxygen atoms in total. The highest BCUT2D eigenvalue weighted by Gasteiger charge is 2.25. The maximum atomic E-state index is 12.1. The Kier molecular flexibility index (Phi) is 3.28. The number of pyridine rings is 1. The predicted octanol–water partition coefficient (Wildman–Crippen LogP) is 0.921. The number of fused-ring (bicyclic) bond motifs is 1. The van der Waals surface area contributed by atoms with E-state index in [9.17, 15) is 14.7 Å². The largest absolute Gasteiger partial charge is 0.462 e. The standard InChI is InChI=1S/C12H15NO4/c1-2-17-12(16)7-6-13-8-4-3-5-9(14)10(8)11(7)15/h6,9,14H,2-5H2,1H3,(H,13,15). The maximum absolute atomic E-state index is 12.1. The van der Waals surface area contributed by atoms with Gasteiger partial charge in [0, 0.05) is 17.5 Å². The van der Waals surface area contributed by atoms with Crippen LogP contribution in [0.3, 0.4) is 0 Å². The van der Waals surface area contributed by atoms with Gasteiger partial charge in [-0.3, -0.25) is 4.79 Å². The Morgan fingerprint density at radius 2 is 2.41 bits per heavy atom. The zero-order chi connectivity index (χ0) is 12.4. The number of hydrogen-bond acceptors (Lipinski definition) is 4. The first kappa shape index (κ1) is 11.9. The van der Waals surface area contributed by atoms with Crippen molar-refractivity contribution >= 4 is 5.97 Å². The van der Waals surface area contributed by atoms with Crippen LogP contribution in [0.5, 0.6) is 0 Å². The number of H-pyrrole nitrogens is 1. The zero-order valence-corrected chi connectivity index (χ0v) is 9.66. The van der Waals surface area contributed by atoms with Gasteiger partial charge >= 0.3 is 5.97 Å². The first-order valence-corrected chi connectivity index (χ1v) is 5.74. The van der Waals surface area contributed by atoms with Gasteiger partial charge in [0.15, 0.2) is 0 Å². The first-order valence-electron chi connectivity index (χ1n) is 5.74. The molecule has 1 aromatic heterocycles. The summed E-state index contributed by atoms with van der Waals surface area (Å²) in [5.41, 5.74) is 0.597. The Morgan fingerprint density at radius 3 is 3.12 bits per heavy atom. The molecule has 0 fully saturated rings. The summed E-state index contributed by atoms with van der Waals surface area (Å²) in [6, 6.07) is 0. The smallest absolute Gasteiger partial charge is 0.343 e. The summed E-state index contributed by atoms with van der Waals surface area (Å²) in [6.45, 7) is 1.90. The van der Waals surface area contributed by atoms with Gasteiger partial charge in [0.2, 0.25) is 5.43 Å². The topological polar surface area (TPSA) is 79.4 Å². The number of carbonyl (C=O) groups excluding carboxylic acids is 1. The highest BCUT2D eigenvalue weighted by atomic mass is 16.5. The van der Waals surface area contributed by atoms with E-state index in [1.54, 1.807) is 6.92 Å².